The largest absolute Gasteiger partial charge is 0.493 e. The van der Waals surface area contributed by atoms with E-state index in [2.05, 4.69) is 4.74 Å². The summed E-state index contributed by atoms with van der Waals surface area (Å²) < 4.78 is 10.0. The Morgan fingerprint density at radius 2 is 2.16 bits per heavy atom. The minimum atomic E-state index is -0.593. The first-order valence-corrected chi connectivity index (χ1v) is 6.87. The molecule has 0 aliphatic heterocycles. The molecule has 1 atom stereocenters. The SMILES string of the molecule is COC(=O)C(N)CSCCOc1ccc(C#N)cc1. The maximum atomic E-state index is 11.0. The number of carbonyl (C=O) groups is 1. The number of nitriles is 1. The van der Waals surface area contributed by atoms with Crippen molar-refractivity contribution < 1.29 is 14.3 Å². The lowest BCUT2D eigenvalue weighted by molar-refractivity contribution is -0.141. The van der Waals surface area contributed by atoms with E-state index in [0.717, 1.165) is 11.5 Å². The topological polar surface area (TPSA) is 85.3 Å². The first-order valence-electron chi connectivity index (χ1n) is 5.71. The molecule has 0 aliphatic carbocycles. The Bertz CT molecular complexity index is 442. The maximum absolute atomic E-state index is 11.0. The Morgan fingerprint density at radius 1 is 1.47 bits per heavy atom. The van der Waals surface area contributed by atoms with Crippen LogP contribution in [0.2, 0.25) is 0 Å². The molecular weight excluding hydrogens is 264 g/mol. The third-order valence-corrected chi connectivity index (χ3v) is 3.33. The molecule has 0 heterocycles. The van der Waals surface area contributed by atoms with Crippen LogP contribution in [0.3, 0.4) is 0 Å². The molecule has 1 rings (SSSR count). The fourth-order valence-electron chi connectivity index (χ4n) is 1.27. The standard InChI is InChI=1S/C13H16N2O3S/c1-17-13(16)12(15)9-19-7-6-18-11-4-2-10(8-14)3-5-11/h2-5,12H,6-7,9,15H2,1H3. The monoisotopic (exact) mass is 280 g/mol. The molecule has 6 heteroatoms. The molecule has 0 saturated carbocycles. The van der Waals surface area contributed by atoms with Gasteiger partial charge >= 0.3 is 5.97 Å². The van der Waals surface area contributed by atoms with Gasteiger partial charge in [-0.25, -0.2) is 0 Å². The number of nitrogens with two attached hydrogens (primary N) is 1. The molecule has 2 N–H and O–H groups in total. The predicted molar refractivity (Wildman–Crippen MR) is 74.0 cm³/mol. The number of rotatable bonds is 7. The molecule has 5 nitrogen and oxygen atoms in total. The Kier molecular flexibility index (Phi) is 6.79. The van der Waals surface area contributed by atoms with Gasteiger partial charge in [-0.15, -0.1) is 0 Å². The van der Waals surface area contributed by atoms with E-state index in [-0.39, 0.29) is 0 Å². The van der Waals surface area contributed by atoms with Crippen LogP contribution in [0.15, 0.2) is 24.3 Å². The summed E-state index contributed by atoms with van der Waals surface area (Å²) in [5, 5.41) is 8.65. The van der Waals surface area contributed by atoms with Crippen molar-refractivity contribution in [2.24, 2.45) is 5.73 Å². The van der Waals surface area contributed by atoms with E-state index in [1.807, 2.05) is 6.07 Å². The molecule has 0 fully saturated rings. The Morgan fingerprint density at radius 3 is 2.74 bits per heavy atom. The van der Waals surface area contributed by atoms with Crippen molar-refractivity contribution in [2.75, 3.05) is 25.2 Å². The second-order valence-corrected chi connectivity index (χ2v) is 4.84. The molecule has 19 heavy (non-hydrogen) atoms. The molecule has 1 aromatic carbocycles. The van der Waals surface area contributed by atoms with E-state index in [9.17, 15) is 4.79 Å². The minimum Gasteiger partial charge on any atom is -0.493 e. The van der Waals surface area contributed by atoms with Crippen LogP contribution in [0.1, 0.15) is 5.56 Å². The van der Waals surface area contributed by atoms with Gasteiger partial charge in [0.05, 0.1) is 25.3 Å². The fraction of sp³-hybridized carbons (Fsp3) is 0.385. The Hall–Kier alpha value is -1.71. The zero-order valence-electron chi connectivity index (χ0n) is 10.7. The third-order valence-electron chi connectivity index (χ3n) is 2.28. The van der Waals surface area contributed by atoms with Gasteiger partial charge in [-0.05, 0) is 24.3 Å². The van der Waals surface area contributed by atoms with E-state index in [0.29, 0.717) is 17.9 Å². The van der Waals surface area contributed by atoms with E-state index in [1.165, 1.54) is 18.9 Å². The number of nitrogens with zero attached hydrogens (tertiary/aromatic N) is 1. The molecule has 0 amide bonds. The molecule has 1 unspecified atom stereocenters. The summed E-state index contributed by atoms with van der Waals surface area (Å²) in [5.41, 5.74) is 6.19. The normalized spacial score (nSPS) is 11.4. The van der Waals surface area contributed by atoms with Crippen molar-refractivity contribution in [3.8, 4) is 11.8 Å². The van der Waals surface area contributed by atoms with Crippen molar-refractivity contribution in [2.45, 2.75) is 6.04 Å². The van der Waals surface area contributed by atoms with Crippen molar-refractivity contribution in [3.05, 3.63) is 29.8 Å². The van der Waals surface area contributed by atoms with Crippen molar-refractivity contribution in [1.82, 2.24) is 0 Å². The summed E-state index contributed by atoms with van der Waals surface area (Å²) in [6.45, 7) is 0.518. The molecule has 0 spiro atoms. The smallest absolute Gasteiger partial charge is 0.323 e. The summed E-state index contributed by atoms with van der Waals surface area (Å²) in [4.78, 5) is 11.0. The number of esters is 1. The predicted octanol–water partition coefficient (Wildman–Crippen LogP) is 1.17. The number of benzene rings is 1. The van der Waals surface area contributed by atoms with Crippen LogP contribution in [0, 0.1) is 11.3 Å². The van der Waals surface area contributed by atoms with Crippen molar-refractivity contribution in [3.63, 3.8) is 0 Å². The molecule has 1 aromatic rings. The quantitative estimate of drug-likeness (QED) is 0.596. The number of hydrogen-bond donors (Lipinski definition) is 1. The highest BCUT2D eigenvalue weighted by Gasteiger charge is 2.12. The van der Waals surface area contributed by atoms with Crippen LogP contribution in [-0.2, 0) is 9.53 Å². The fourth-order valence-corrected chi connectivity index (χ4v) is 2.03. The summed E-state index contributed by atoms with van der Waals surface area (Å²) >= 11 is 1.53. The molecule has 0 aliphatic rings. The minimum absolute atomic E-state index is 0.402. The van der Waals surface area contributed by atoms with Gasteiger partial charge in [0.1, 0.15) is 11.8 Å². The first kappa shape index (κ1) is 15.3. The Balaban J connectivity index is 2.17. The maximum Gasteiger partial charge on any atom is 0.323 e. The number of hydrogen-bond acceptors (Lipinski definition) is 6. The molecule has 0 bridgehead atoms. The van der Waals surface area contributed by atoms with Crippen LogP contribution in [0.25, 0.3) is 0 Å². The van der Waals surface area contributed by atoms with Crippen molar-refractivity contribution in [1.29, 1.82) is 5.26 Å². The number of thioether (sulfide) groups is 1. The van der Waals surface area contributed by atoms with E-state index >= 15 is 0 Å². The van der Waals surface area contributed by atoms with Gasteiger partial charge in [0.25, 0.3) is 0 Å². The molecule has 102 valence electrons. The van der Waals surface area contributed by atoms with Crippen molar-refractivity contribution >= 4 is 17.7 Å². The highest BCUT2D eigenvalue weighted by Crippen LogP contribution is 2.12. The number of carbonyl (C=O) groups excluding carboxylic acids is 1. The van der Waals surface area contributed by atoms with Crippen LogP contribution in [-0.4, -0.2) is 37.2 Å². The van der Waals surface area contributed by atoms with Gasteiger partial charge in [0, 0.05) is 11.5 Å². The third kappa shape index (κ3) is 5.64. The lowest BCUT2D eigenvalue weighted by Crippen LogP contribution is -2.34. The summed E-state index contributed by atoms with van der Waals surface area (Å²) in [5.74, 6) is 1.55. The van der Waals surface area contributed by atoms with Gasteiger partial charge in [-0.1, -0.05) is 0 Å². The Labute approximate surface area is 116 Å². The summed E-state index contributed by atoms with van der Waals surface area (Å²) in [6, 6.07) is 8.36. The van der Waals surface area contributed by atoms with E-state index < -0.39 is 12.0 Å². The molecular formula is C13H16N2O3S. The average molecular weight is 280 g/mol. The van der Waals surface area contributed by atoms with Gasteiger partial charge in [0.15, 0.2) is 0 Å². The zero-order chi connectivity index (χ0) is 14.1. The lowest BCUT2D eigenvalue weighted by Gasteiger charge is -2.09. The van der Waals surface area contributed by atoms with Crippen LogP contribution < -0.4 is 10.5 Å². The van der Waals surface area contributed by atoms with Gasteiger partial charge < -0.3 is 15.2 Å². The highest BCUT2D eigenvalue weighted by molar-refractivity contribution is 7.99. The second kappa shape index (κ2) is 8.40. The summed E-state index contributed by atoms with van der Waals surface area (Å²) in [7, 11) is 1.32. The van der Waals surface area contributed by atoms with Gasteiger partial charge in [0.2, 0.25) is 0 Å². The summed E-state index contributed by atoms with van der Waals surface area (Å²) in [6.07, 6.45) is 0. The molecule has 0 saturated heterocycles. The average Bonchev–Trinajstić information content (AvgIpc) is 2.46. The second-order valence-electron chi connectivity index (χ2n) is 3.69. The van der Waals surface area contributed by atoms with Gasteiger partial charge in [-0.2, -0.15) is 17.0 Å². The zero-order valence-corrected chi connectivity index (χ0v) is 11.5. The van der Waals surface area contributed by atoms with Gasteiger partial charge in [-0.3, -0.25) is 4.79 Å². The van der Waals surface area contributed by atoms with Crippen LogP contribution in [0.4, 0.5) is 0 Å². The van der Waals surface area contributed by atoms with E-state index in [4.69, 9.17) is 15.7 Å². The number of ether oxygens (including phenoxy) is 2. The van der Waals surface area contributed by atoms with Crippen LogP contribution in [0.5, 0.6) is 5.75 Å². The van der Waals surface area contributed by atoms with Crippen LogP contribution >= 0.6 is 11.8 Å². The highest BCUT2D eigenvalue weighted by atomic mass is 32.2. The number of methoxy groups -OCH3 is 1. The van der Waals surface area contributed by atoms with E-state index in [1.54, 1.807) is 24.3 Å². The lowest BCUT2D eigenvalue weighted by atomic mass is 10.2. The first-order chi connectivity index (χ1) is 9.17. The molecule has 0 aromatic heterocycles. The molecule has 0 radical (unpaired) electrons.